The van der Waals surface area contributed by atoms with Crippen LogP contribution in [0.5, 0.6) is 0 Å². The lowest BCUT2D eigenvalue weighted by Gasteiger charge is -2.09. The molecule has 0 aliphatic carbocycles. The predicted molar refractivity (Wildman–Crippen MR) is 87.7 cm³/mol. The molecule has 120 valence electrons. The van der Waals surface area contributed by atoms with Crippen LogP contribution in [-0.2, 0) is 16.1 Å². The van der Waals surface area contributed by atoms with E-state index in [2.05, 4.69) is 10.6 Å². The highest BCUT2D eigenvalue weighted by molar-refractivity contribution is 6.31. The summed E-state index contributed by atoms with van der Waals surface area (Å²) in [7, 11) is 0. The van der Waals surface area contributed by atoms with Gasteiger partial charge in [-0.15, -0.1) is 0 Å². The van der Waals surface area contributed by atoms with Gasteiger partial charge in [-0.25, -0.2) is 4.39 Å². The summed E-state index contributed by atoms with van der Waals surface area (Å²) in [6.45, 7) is 1.86. The summed E-state index contributed by atoms with van der Waals surface area (Å²) >= 11 is 5.87. The van der Waals surface area contributed by atoms with Gasteiger partial charge in [-0.3, -0.25) is 9.59 Å². The molecule has 0 saturated heterocycles. The number of carbonyl (C=O) groups is 2. The molecule has 0 heterocycles. The highest BCUT2D eigenvalue weighted by Gasteiger charge is 2.11. The fourth-order valence-corrected chi connectivity index (χ4v) is 2.14. The zero-order valence-corrected chi connectivity index (χ0v) is 13.3. The van der Waals surface area contributed by atoms with E-state index in [4.69, 9.17) is 11.6 Å². The number of rotatable bonds is 5. The van der Waals surface area contributed by atoms with Crippen LogP contribution in [-0.4, -0.2) is 11.8 Å². The van der Waals surface area contributed by atoms with E-state index in [1.165, 1.54) is 6.07 Å². The maximum Gasteiger partial charge on any atom is 0.233 e. The second-order valence-corrected chi connectivity index (χ2v) is 5.49. The minimum absolute atomic E-state index is 0.0367. The number of hydrogen-bond acceptors (Lipinski definition) is 2. The molecule has 2 aromatic rings. The SMILES string of the molecule is Cc1ccc(Cl)cc1NC(=O)CC(=O)NCc1ccccc1F. The minimum Gasteiger partial charge on any atom is -0.351 e. The average Bonchev–Trinajstić information content (AvgIpc) is 2.50. The van der Waals surface area contributed by atoms with Crippen molar-refractivity contribution in [3.8, 4) is 0 Å². The Labute approximate surface area is 138 Å². The lowest BCUT2D eigenvalue weighted by Crippen LogP contribution is -2.28. The first-order valence-corrected chi connectivity index (χ1v) is 7.39. The number of benzene rings is 2. The Balaban J connectivity index is 1.86. The Morgan fingerprint density at radius 3 is 2.61 bits per heavy atom. The van der Waals surface area contributed by atoms with Crippen LogP contribution < -0.4 is 10.6 Å². The quantitative estimate of drug-likeness (QED) is 0.823. The van der Waals surface area contributed by atoms with Gasteiger partial charge >= 0.3 is 0 Å². The fraction of sp³-hybridized carbons (Fsp3) is 0.176. The molecule has 2 amide bonds. The molecule has 0 atom stereocenters. The fourth-order valence-electron chi connectivity index (χ4n) is 1.97. The van der Waals surface area contributed by atoms with E-state index in [9.17, 15) is 14.0 Å². The number of aryl methyl sites for hydroxylation is 1. The molecule has 2 rings (SSSR count). The molecule has 6 heteroatoms. The molecule has 2 aromatic carbocycles. The predicted octanol–water partition coefficient (Wildman–Crippen LogP) is 3.43. The molecule has 0 aliphatic rings. The second kappa shape index (κ2) is 7.74. The molecule has 0 aliphatic heterocycles. The van der Waals surface area contributed by atoms with Crippen molar-refractivity contribution in [3.05, 3.63) is 64.4 Å². The van der Waals surface area contributed by atoms with Crippen LogP contribution in [0.25, 0.3) is 0 Å². The summed E-state index contributed by atoms with van der Waals surface area (Å²) in [5.74, 6) is -1.33. The summed E-state index contributed by atoms with van der Waals surface area (Å²) in [5, 5.41) is 5.65. The lowest BCUT2D eigenvalue weighted by molar-refractivity contribution is -0.126. The van der Waals surface area contributed by atoms with Crippen LogP contribution in [0, 0.1) is 12.7 Å². The monoisotopic (exact) mass is 334 g/mol. The van der Waals surface area contributed by atoms with Crippen LogP contribution in [0.3, 0.4) is 0 Å². The number of nitrogens with one attached hydrogen (secondary N) is 2. The van der Waals surface area contributed by atoms with Crippen molar-refractivity contribution < 1.29 is 14.0 Å². The van der Waals surface area contributed by atoms with Crippen LogP contribution >= 0.6 is 11.6 Å². The van der Waals surface area contributed by atoms with E-state index >= 15 is 0 Å². The third kappa shape index (κ3) is 5.07. The number of carbonyl (C=O) groups excluding carboxylic acids is 2. The van der Waals surface area contributed by atoms with Crippen LogP contribution in [0.1, 0.15) is 17.5 Å². The van der Waals surface area contributed by atoms with Crippen LogP contribution in [0.4, 0.5) is 10.1 Å². The highest BCUT2D eigenvalue weighted by atomic mass is 35.5. The molecule has 0 aromatic heterocycles. The van der Waals surface area contributed by atoms with Gasteiger partial charge in [0.15, 0.2) is 0 Å². The number of hydrogen-bond donors (Lipinski definition) is 2. The van der Waals surface area contributed by atoms with E-state index in [0.29, 0.717) is 16.3 Å². The second-order valence-electron chi connectivity index (χ2n) is 5.05. The van der Waals surface area contributed by atoms with Crippen molar-refractivity contribution in [3.63, 3.8) is 0 Å². The molecule has 0 radical (unpaired) electrons. The van der Waals surface area contributed by atoms with Gasteiger partial charge in [-0.2, -0.15) is 0 Å². The maximum absolute atomic E-state index is 13.4. The molecular weight excluding hydrogens is 319 g/mol. The zero-order chi connectivity index (χ0) is 16.8. The molecule has 23 heavy (non-hydrogen) atoms. The molecule has 2 N–H and O–H groups in total. The van der Waals surface area contributed by atoms with Gasteiger partial charge < -0.3 is 10.6 Å². The van der Waals surface area contributed by atoms with Crippen molar-refractivity contribution in [2.45, 2.75) is 19.9 Å². The summed E-state index contributed by atoms with van der Waals surface area (Å²) in [6, 6.07) is 11.2. The lowest BCUT2D eigenvalue weighted by atomic mass is 10.2. The number of halogens is 2. The first-order valence-electron chi connectivity index (χ1n) is 7.02. The van der Waals surface area contributed by atoms with Crippen molar-refractivity contribution in [2.24, 2.45) is 0 Å². The largest absolute Gasteiger partial charge is 0.351 e. The van der Waals surface area contributed by atoms with Gasteiger partial charge in [-0.05, 0) is 30.7 Å². The minimum atomic E-state index is -0.481. The third-order valence-corrected chi connectivity index (χ3v) is 3.46. The van der Waals surface area contributed by atoms with Gasteiger partial charge in [0.2, 0.25) is 11.8 Å². The molecular formula is C17H16ClFN2O2. The number of amides is 2. The third-order valence-electron chi connectivity index (χ3n) is 3.23. The maximum atomic E-state index is 13.4. The normalized spacial score (nSPS) is 10.2. The molecule has 0 unspecified atom stereocenters. The first-order chi connectivity index (χ1) is 11.0. The Morgan fingerprint density at radius 2 is 1.87 bits per heavy atom. The van der Waals surface area contributed by atoms with Crippen molar-refractivity contribution in [1.29, 1.82) is 0 Å². The van der Waals surface area contributed by atoms with Crippen LogP contribution in [0.15, 0.2) is 42.5 Å². The van der Waals surface area contributed by atoms with E-state index < -0.39 is 17.6 Å². The average molecular weight is 335 g/mol. The molecule has 0 saturated carbocycles. The Hall–Kier alpha value is -2.40. The van der Waals surface area contributed by atoms with Gasteiger partial charge in [0.1, 0.15) is 12.2 Å². The van der Waals surface area contributed by atoms with Gasteiger partial charge in [-0.1, -0.05) is 35.9 Å². The standard InChI is InChI=1S/C17H16ClFN2O2/c1-11-6-7-13(18)8-15(11)21-17(23)9-16(22)20-10-12-4-2-3-5-14(12)19/h2-8H,9-10H2,1H3,(H,20,22)(H,21,23). The molecule has 0 bridgehead atoms. The number of anilines is 1. The van der Waals surface area contributed by atoms with Gasteiger partial charge in [0, 0.05) is 22.8 Å². The Bertz CT molecular complexity index is 734. The van der Waals surface area contributed by atoms with Crippen molar-refractivity contribution in [1.82, 2.24) is 5.32 Å². The van der Waals surface area contributed by atoms with Crippen molar-refractivity contribution >= 4 is 29.1 Å². The van der Waals surface area contributed by atoms with Crippen molar-refractivity contribution in [2.75, 3.05) is 5.32 Å². The first kappa shape index (κ1) is 17.0. The van der Waals surface area contributed by atoms with E-state index in [1.807, 2.05) is 6.92 Å². The van der Waals surface area contributed by atoms with Gasteiger partial charge in [0.05, 0.1) is 0 Å². The summed E-state index contributed by atoms with van der Waals surface area (Å²) in [6.07, 6.45) is -0.347. The molecule has 0 spiro atoms. The Kier molecular flexibility index (Phi) is 5.71. The van der Waals surface area contributed by atoms with E-state index in [-0.39, 0.29) is 13.0 Å². The smallest absolute Gasteiger partial charge is 0.233 e. The molecule has 0 fully saturated rings. The topological polar surface area (TPSA) is 58.2 Å². The summed E-state index contributed by atoms with van der Waals surface area (Å²) < 4.78 is 13.4. The van der Waals surface area contributed by atoms with Gasteiger partial charge in [0.25, 0.3) is 0 Å². The summed E-state index contributed by atoms with van der Waals surface area (Å²) in [4.78, 5) is 23.6. The summed E-state index contributed by atoms with van der Waals surface area (Å²) in [5.41, 5.74) is 1.77. The zero-order valence-electron chi connectivity index (χ0n) is 12.5. The van der Waals surface area contributed by atoms with E-state index in [0.717, 1.165) is 5.56 Å². The Morgan fingerprint density at radius 1 is 1.13 bits per heavy atom. The van der Waals surface area contributed by atoms with E-state index in [1.54, 1.807) is 36.4 Å². The molecule has 4 nitrogen and oxygen atoms in total. The van der Waals surface area contributed by atoms with Crippen LogP contribution in [0.2, 0.25) is 5.02 Å². The highest BCUT2D eigenvalue weighted by Crippen LogP contribution is 2.20.